The molecule has 1 rings (SSSR count). The molecule has 0 saturated carbocycles. The summed E-state index contributed by atoms with van der Waals surface area (Å²) in [5.74, 6) is 1.14. The summed E-state index contributed by atoms with van der Waals surface area (Å²) in [6.45, 7) is 10.8. The maximum atomic E-state index is 6.08. The standard InChI is InChI=1S/C13H24N4O2/c1-5-17(7-8-18-6-2)12-11(14)13(16-9-15-12)19-10(3)4/h9-10H,5-8,14H2,1-4H3. The van der Waals surface area contributed by atoms with Gasteiger partial charge in [-0.05, 0) is 27.7 Å². The molecule has 1 aromatic rings. The predicted molar refractivity (Wildman–Crippen MR) is 76.6 cm³/mol. The Morgan fingerprint density at radius 2 is 2.05 bits per heavy atom. The van der Waals surface area contributed by atoms with Crippen molar-refractivity contribution in [2.24, 2.45) is 0 Å². The van der Waals surface area contributed by atoms with Gasteiger partial charge in [-0.25, -0.2) is 4.98 Å². The molecule has 0 unspecified atom stereocenters. The third kappa shape index (κ3) is 4.55. The van der Waals surface area contributed by atoms with E-state index >= 15 is 0 Å². The van der Waals surface area contributed by atoms with Gasteiger partial charge in [0, 0.05) is 19.7 Å². The van der Waals surface area contributed by atoms with Gasteiger partial charge in [0.05, 0.1) is 12.7 Å². The van der Waals surface area contributed by atoms with Crippen LogP contribution in [0.3, 0.4) is 0 Å². The summed E-state index contributed by atoms with van der Waals surface area (Å²) in [5.41, 5.74) is 6.56. The van der Waals surface area contributed by atoms with Crippen LogP contribution in [-0.4, -0.2) is 42.4 Å². The summed E-state index contributed by atoms with van der Waals surface area (Å²) in [6, 6.07) is 0. The fraction of sp³-hybridized carbons (Fsp3) is 0.692. The Kier molecular flexibility index (Phi) is 6.35. The molecule has 0 amide bonds. The second-order valence-corrected chi connectivity index (χ2v) is 4.36. The van der Waals surface area contributed by atoms with E-state index in [1.165, 1.54) is 6.33 Å². The van der Waals surface area contributed by atoms with Crippen LogP contribution in [0.2, 0.25) is 0 Å². The van der Waals surface area contributed by atoms with Crippen molar-refractivity contribution in [1.82, 2.24) is 9.97 Å². The molecule has 108 valence electrons. The molecular weight excluding hydrogens is 244 g/mol. The SMILES string of the molecule is CCOCCN(CC)c1ncnc(OC(C)C)c1N. The molecule has 1 aromatic heterocycles. The third-order valence-corrected chi connectivity index (χ3v) is 2.56. The van der Waals surface area contributed by atoms with Crippen molar-refractivity contribution in [3.63, 3.8) is 0 Å². The van der Waals surface area contributed by atoms with Gasteiger partial charge in [-0.2, -0.15) is 4.98 Å². The minimum Gasteiger partial charge on any atom is -0.473 e. The van der Waals surface area contributed by atoms with Crippen molar-refractivity contribution in [3.8, 4) is 5.88 Å². The minimum absolute atomic E-state index is 0.0311. The van der Waals surface area contributed by atoms with Crippen LogP contribution in [0, 0.1) is 0 Å². The molecular formula is C13H24N4O2. The molecule has 0 saturated heterocycles. The molecule has 19 heavy (non-hydrogen) atoms. The number of ether oxygens (including phenoxy) is 2. The molecule has 0 spiro atoms. The summed E-state index contributed by atoms with van der Waals surface area (Å²) in [6.07, 6.45) is 1.51. The number of nitrogen functional groups attached to an aromatic ring is 1. The normalized spacial score (nSPS) is 10.8. The summed E-state index contributed by atoms with van der Waals surface area (Å²) >= 11 is 0. The molecule has 0 aliphatic carbocycles. The zero-order valence-electron chi connectivity index (χ0n) is 12.2. The van der Waals surface area contributed by atoms with Crippen LogP contribution in [0.15, 0.2) is 6.33 Å². The molecule has 0 atom stereocenters. The highest BCUT2D eigenvalue weighted by Gasteiger charge is 2.15. The van der Waals surface area contributed by atoms with E-state index in [0.29, 0.717) is 30.6 Å². The van der Waals surface area contributed by atoms with Crippen molar-refractivity contribution in [2.75, 3.05) is 36.9 Å². The number of hydrogen-bond acceptors (Lipinski definition) is 6. The van der Waals surface area contributed by atoms with Gasteiger partial charge in [0.2, 0.25) is 5.88 Å². The van der Waals surface area contributed by atoms with E-state index in [1.807, 2.05) is 20.8 Å². The van der Waals surface area contributed by atoms with Gasteiger partial charge in [0.25, 0.3) is 0 Å². The smallest absolute Gasteiger partial charge is 0.242 e. The van der Waals surface area contributed by atoms with Gasteiger partial charge >= 0.3 is 0 Å². The fourth-order valence-electron chi connectivity index (χ4n) is 1.67. The molecule has 0 aliphatic rings. The molecule has 0 bridgehead atoms. The average Bonchev–Trinajstić information content (AvgIpc) is 2.37. The molecule has 0 aliphatic heterocycles. The summed E-state index contributed by atoms with van der Waals surface area (Å²) in [7, 11) is 0. The highest BCUT2D eigenvalue weighted by atomic mass is 16.5. The lowest BCUT2D eigenvalue weighted by atomic mass is 10.4. The van der Waals surface area contributed by atoms with Crippen LogP contribution in [0.25, 0.3) is 0 Å². The first-order valence-electron chi connectivity index (χ1n) is 6.69. The van der Waals surface area contributed by atoms with E-state index in [-0.39, 0.29) is 6.10 Å². The molecule has 2 N–H and O–H groups in total. The van der Waals surface area contributed by atoms with Gasteiger partial charge < -0.3 is 20.1 Å². The van der Waals surface area contributed by atoms with E-state index in [4.69, 9.17) is 15.2 Å². The number of hydrogen-bond donors (Lipinski definition) is 1. The Labute approximate surface area is 114 Å². The monoisotopic (exact) mass is 268 g/mol. The Bertz CT molecular complexity index is 385. The average molecular weight is 268 g/mol. The quantitative estimate of drug-likeness (QED) is 0.723. The van der Waals surface area contributed by atoms with Crippen LogP contribution in [-0.2, 0) is 4.74 Å². The predicted octanol–water partition coefficient (Wildman–Crippen LogP) is 1.71. The maximum Gasteiger partial charge on any atom is 0.242 e. The summed E-state index contributed by atoms with van der Waals surface area (Å²) < 4.78 is 10.9. The number of nitrogens with two attached hydrogens (primary N) is 1. The zero-order chi connectivity index (χ0) is 14.3. The number of anilines is 2. The third-order valence-electron chi connectivity index (χ3n) is 2.56. The Hall–Kier alpha value is -1.56. The first-order valence-corrected chi connectivity index (χ1v) is 6.69. The lowest BCUT2D eigenvalue weighted by Gasteiger charge is -2.24. The lowest BCUT2D eigenvalue weighted by Crippen LogP contribution is -2.29. The van der Waals surface area contributed by atoms with Crippen LogP contribution >= 0.6 is 0 Å². The van der Waals surface area contributed by atoms with E-state index in [0.717, 1.165) is 13.1 Å². The maximum absolute atomic E-state index is 6.08. The van der Waals surface area contributed by atoms with Crippen molar-refractivity contribution in [1.29, 1.82) is 0 Å². The second-order valence-electron chi connectivity index (χ2n) is 4.36. The van der Waals surface area contributed by atoms with Crippen molar-refractivity contribution >= 4 is 11.5 Å². The van der Waals surface area contributed by atoms with Gasteiger partial charge in [-0.3, -0.25) is 0 Å². The fourth-order valence-corrected chi connectivity index (χ4v) is 1.67. The van der Waals surface area contributed by atoms with Gasteiger partial charge in [0.1, 0.15) is 12.0 Å². The van der Waals surface area contributed by atoms with E-state index in [9.17, 15) is 0 Å². The largest absolute Gasteiger partial charge is 0.473 e. The van der Waals surface area contributed by atoms with Crippen LogP contribution in [0.1, 0.15) is 27.7 Å². The Balaban J connectivity index is 2.84. The molecule has 1 heterocycles. The van der Waals surface area contributed by atoms with E-state index < -0.39 is 0 Å². The molecule has 6 nitrogen and oxygen atoms in total. The number of rotatable bonds is 8. The number of likely N-dealkylation sites (N-methyl/N-ethyl adjacent to an activating group) is 1. The van der Waals surface area contributed by atoms with Crippen molar-refractivity contribution in [2.45, 2.75) is 33.8 Å². The highest BCUT2D eigenvalue weighted by molar-refractivity contribution is 5.67. The number of nitrogens with zero attached hydrogens (tertiary/aromatic N) is 3. The van der Waals surface area contributed by atoms with Crippen LogP contribution in [0.5, 0.6) is 5.88 Å². The molecule has 0 aromatic carbocycles. The first kappa shape index (κ1) is 15.5. The van der Waals surface area contributed by atoms with Crippen molar-refractivity contribution < 1.29 is 9.47 Å². The lowest BCUT2D eigenvalue weighted by molar-refractivity contribution is 0.154. The topological polar surface area (TPSA) is 73.5 Å². The number of aromatic nitrogens is 2. The summed E-state index contributed by atoms with van der Waals surface area (Å²) in [4.78, 5) is 10.4. The van der Waals surface area contributed by atoms with Crippen LogP contribution in [0.4, 0.5) is 11.5 Å². The minimum atomic E-state index is 0.0311. The van der Waals surface area contributed by atoms with Gasteiger partial charge in [-0.1, -0.05) is 0 Å². The Morgan fingerprint density at radius 1 is 1.32 bits per heavy atom. The zero-order valence-corrected chi connectivity index (χ0v) is 12.2. The molecule has 6 heteroatoms. The molecule has 0 radical (unpaired) electrons. The van der Waals surface area contributed by atoms with Gasteiger partial charge in [0.15, 0.2) is 5.82 Å². The van der Waals surface area contributed by atoms with Crippen molar-refractivity contribution in [3.05, 3.63) is 6.33 Å². The second kappa shape index (κ2) is 7.78. The first-order chi connectivity index (χ1) is 9.10. The van der Waals surface area contributed by atoms with Gasteiger partial charge in [-0.15, -0.1) is 0 Å². The van der Waals surface area contributed by atoms with Crippen LogP contribution < -0.4 is 15.4 Å². The highest BCUT2D eigenvalue weighted by Crippen LogP contribution is 2.28. The van der Waals surface area contributed by atoms with E-state index in [2.05, 4.69) is 21.8 Å². The molecule has 0 fully saturated rings. The summed E-state index contributed by atoms with van der Waals surface area (Å²) in [5, 5.41) is 0. The van der Waals surface area contributed by atoms with E-state index in [1.54, 1.807) is 0 Å². The Morgan fingerprint density at radius 3 is 2.63 bits per heavy atom.